The normalized spacial score (nSPS) is 12.2. The minimum Gasteiger partial charge on any atom is -0.329 e. The fourth-order valence-corrected chi connectivity index (χ4v) is 3.46. The molecule has 0 bridgehead atoms. The number of thiophene rings is 1. The van der Waals surface area contributed by atoms with E-state index in [9.17, 15) is 26.3 Å². The average Bonchev–Trinajstić information content (AvgIpc) is 3.41. The number of halogens is 6. The molecule has 0 atom stereocenters. The van der Waals surface area contributed by atoms with Crippen molar-refractivity contribution in [1.29, 1.82) is 0 Å². The smallest absolute Gasteiger partial charge is 0.329 e. The van der Waals surface area contributed by atoms with Crippen LogP contribution in [-0.2, 0) is 18.9 Å². The number of anilines is 2. The van der Waals surface area contributed by atoms with Gasteiger partial charge in [0.05, 0.1) is 23.2 Å². The van der Waals surface area contributed by atoms with Crippen molar-refractivity contribution in [3.8, 4) is 10.7 Å². The van der Waals surface area contributed by atoms with Crippen molar-refractivity contribution >= 4 is 23.0 Å². The number of alkyl halides is 6. The molecule has 4 aromatic rings. The standard InChI is InChI=1S/C17H9F6N7OS/c18-16(19,20)9-6-13(28-25-7-9)30(12-2-1-5-24-27-12)8-10-3-4-11(32-10)14-26-15(31-29-14)17(21,22)23/h1-7H,8H2. The maximum atomic E-state index is 13.1. The molecule has 0 saturated carbocycles. The fraction of sp³-hybridized carbons (Fsp3) is 0.176. The predicted octanol–water partition coefficient (Wildman–Crippen LogP) is 4.75. The van der Waals surface area contributed by atoms with Gasteiger partial charge in [-0.2, -0.15) is 41.5 Å². The zero-order valence-electron chi connectivity index (χ0n) is 15.5. The molecule has 0 unspecified atom stereocenters. The Balaban J connectivity index is 1.66. The van der Waals surface area contributed by atoms with Crippen molar-refractivity contribution in [1.82, 2.24) is 30.5 Å². The van der Waals surface area contributed by atoms with Gasteiger partial charge in [0.15, 0.2) is 11.6 Å². The summed E-state index contributed by atoms with van der Waals surface area (Å²) in [6.07, 6.45) is -7.44. The Morgan fingerprint density at radius 1 is 0.938 bits per heavy atom. The molecule has 4 heterocycles. The molecule has 0 aliphatic heterocycles. The third-order valence-corrected chi connectivity index (χ3v) is 5.01. The van der Waals surface area contributed by atoms with Crippen LogP contribution >= 0.6 is 11.3 Å². The van der Waals surface area contributed by atoms with E-state index in [1.807, 2.05) is 0 Å². The van der Waals surface area contributed by atoms with E-state index in [0.717, 1.165) is 17.4 Å². The van der Waals surface area contributed by atoms with Gasteiger partial charge in [-0.05, 0) is 30.3 Å². The van der Waals surface area contributed by atoms with E-state index < -0.39 is 23.8 Å². The Bertz CT molecular complexity index is 1210. The minimum atomic E-state index is -4.78. The van der Waals surface area contributed by atoms with Gasteiger partial charge in [-0.25, -0.2) is 0 Å². The second kappa shape index (κ2) is 8.14. The molecule has 32 heavy (non-hydrogen) atoms. The topological polar surface area (TPSA) is 93.7 Å². The Morgan fingerprint density at radius 3 is 2.38 bits per heavy atom. The Hall–Kier alpha value is -3.62. The van der Waals surface area contributed by atoms with Crippen LogP contribution in [-0.4, -0.2) is 30.5 Å². The van der Waals surface area contributed by atoms with Crippen LogP contribution < -0.4 is 4.90 Å². The molecule has 0 spiro atoms. The molecule has 0 aromatic carbocycles. The van der Waals surface area contributed by atoms with Crippen LogP contribution in [0.1, 0.15) is 16.3 Å². The molecule has 8 nitrogen and oxygen atoms in total. The summed E-state index contributed by atoms with van der Waals surface area (Å²) >= 11 is 1.02. The third kappa shape index (κ3) is 4.66. The number of aromatic nitrogens is 6. The lowest BCUT2D eigenvalue weighted by molar-refractivity contribution is -0.159. The number of rotatable bonds is 5. The largest absolute Gasteiger partial charge is 0.471 e. The highest BCUT2D eigenvalue weighted by Crippen LogP contribution is 2.35. The highest BCUT2D eigenvalue weighted by atomic mass is 32.1. The first-order valence-electron chi connectivity index (χ1n) is 8.56. The molecule has 0 fully saturated rings. The van der Waals surface area contributed by atoms with Crippen LogP contribution in [0, 0.1) is 0 Å². The van der Waals surface area contributed by atoms with E-state index >= 15 is 0 Å². The molecule has 0 N–H and O–H groups in total. The zero-order valence-corrected chi connectivity index (χ0v) is 16.3. The van der Waals surface area contributed by atoms with Crippen LogP contribution in [0.25, 0.3) is 10.7 Å². The number of nitrogens with zero attached hydrogens (tertiary/aromatic N) is 7. The SMILES string of the molecule is FC(F)(F)c1cnnc(N(Cc2ccc(-c3noc(C(F)(F)F)n3)s2)c2cccnn2)c1. The third-order valence-electron chi connectivity index (χ3n) is 3.94. The lowest BCUT2D eigenvalue weighted by Crippen LogP contribution is -2.20. The molecule has 0 aliphatic carbocycles. The average molecular weight is 473 g/mol. The molecule has 4 rings (SSSR count). The van der Waals surface area contributed by atoms with Gasteiger partial charge < -0.3 is 9.42 Å². The van der Waals surface area contributed by atoms with Crippen molar-refractivity contribution in [2.75, 3.05) is 4.90 Å². The highest BCUT2D eigenvalue weighted by Gasteiger charge is 2.38. The molecule has 0 aliphatic rings. The molecular weight excluding hydrogens is 464 g/mol. The molecule has 166 valence electrons. The van der Waals surface area contributed by atoms with E-state index in [2.05, 4.69) is 35.1 Å². The summed E-state index contributed by atoms with van der Waals surface area (Å²) in [4.78, 5) is 5.48. The molecule has 0 amide bonds. The number of hydrogen-bond donors (Lipinski definition) is 0. The van der Waals surface area contributed by atoms with Crippen LogP contribution in [0.15, 0.2) is 47.2 Å². The first kappa shape index (κ1) is 21.6. The molecule has 4 aromatic heterocycles. The van der Waals surface area contributed by atoms with Crippen LogP contribution in [0.5, 0.6) is 0 Å². The van der Waals surface area contributed by atoms with Gasteiger partial charge in [-0.15, -0.1) is 21.5 Å². The lowest BCUT2D eigenvalue weighted by atomic mass is 10.2. The van der Waals surface area contributed by atoms with Crippen LogP contribution in [0.3, 0.4) is 0 Å². The highest BCUT2D eigenvalue weighted by molar-refractivity contribution is 7.15. The van der Waals surface area contributed by atoms with Crippen molar-refractivity contribution in [2.24, 2.45) is 0 Å². The van der Waals surface area contributed by atoms with Gasteiger partial charge in [0, 0.05) is 11.1 Å². The Labute approximate surface area is 178 Å². The lowest BCUT2D eigenvalue weighted by Gasteiger charge is -2.21. The summed E-state index contributed by atoms with van der Waals surface area (Å²) in [6, 6.07) is 6.89. The van der Waals surface area contributed by atoms with Crippen molar-refractivity contribution in [3.63, 3.8) is 0 Å². The Kier molecular flexibility index (Phi) is 5.50. The summed E-state index contributed by atoms with van der Waals surface area (Å²) in [7, 11) is 0. The first-order valence-corrected chi connectivity index (χ1v) is 9.38. The summed E-state index contributed by atoms with van der Waals surface area (Å²) < 4.78 is 81.6. The molecule has 0 saturated heterocycles. The van der Waals surface area contributed by atoms with Gasteiger partial charge in [0.1, 0.15) is 0 Å². The van der Waals surface area contributed by atoms with E-state index in [4.69, 9.17) is 0 Å². The molecule has 0 radical (unpaired) electrons. The quantitative estimate of drug-likeness (QED) is 0.383. The van der Waals surface area contributed by atoms with Gasteiger partial charge in [-0.3, -0.25) is 0 Å². The van der Waals surface area contributed by atoms with Crippen molar-refractivity contribution in [2.45, 2.75) is 18.9 Å². The summed E-state index contributed by atoms with van der Waals surface area (Å²) in [5, 5.41) is 18.1. The minimum absolute atomic E-state index is 0.0245. The van der Waals surface area contributed by atoms with Crippen molar-refractivity contribution in [3.05, 3.63) is 59.1 Å². The van der Waals surface area contributed by atoms with Gasteiger partial charge >= 0.3 is 18.2 Å². The van der Waals surface area contributed by atoms with Crippen molar-refractivity contribution < 1.29 is 30.9 Å². The van der Waals surface area contributed by atoms with Crippen LogP contribution in [0.2, 0.25) is 0 Å². The summed E-state index contributed by atoms with van der Waals surface area (Å²) in [5.41, 5.74) is -1.00. The second-order valence-electron chi connectivity index (χ2n) is 6.16. The van der Waals surface area contributed by atoms with Crippen LogP contribution in [0.4, 0.5) is 38.0 Å². The second-order valence-corrected chi connectivity index (χ2v) is 7.32. The van der Waals surface area contributed by atoms with Gasteiger partial charge in [-0.1, -0.05) is 5.16 Å². The van der Waals surface area contributed by atoms with E-state index in [0.29, 0.717) is 11.1 Å². The maximum Gasteiger partial charge on any atom is 0.471 e. The fourth-order valence-electron chi connectivity index (χ4n) is 2.54. The van der Waals surface area contributed by atoms with Gasteiger partial charge in [0.2, 0.25) is 5.82 Å². The Morgan fingerprint density at radius 2 is 1.72 bits per heavy atom. The molecular formula is C17H9F6N7OS. The number of hydrogen-bond acceptors (Lipinski definition) is 9. The summed E-state index contributed by atoms with van der Waals surface area (Å²) in [6.45, 7) is -0.0245. The van der Waals surface area contributed by atoms with E-state index in [1.165, 1.54) is 29.3 Å². The van der Waals surface area contributed by atoms with E-state index in [-0.39, 0.29) is 28.9 Å². The van der Waals surface area contributed by atoms with E-state index in [1.54, 1.807) is 6.07 Å². The monoisotopic (exact) mass is 473 g/mol. The summed E-state index contributed by atoms with van der Waals surface area (Å²) in [5.74, 6) is -1.70. The molecule has 15 heteroatoms. The predicted molar refractivity (Wildman–Crippen MR) is 97.5 cm³/mol. The first-order chi connectivity index (χ1) is 15.1. The maximum absolute atomic E-state index is 13.1. The zero-order chi connectivity index (χ0) is 22.9. The van der Waals surface area contributed by atoms with Gasteiger partial charge in [0.25, 0.3) is 0 Å².